The van der Waals surface area contributed by atoms with Crippen molar-refractivity contribution in [3.05, 3.63) is 29.8 Å². The van der Waals surface area contributed by atoms with Gasteiger partial charge in [0.15, 0.2) is 6.61 Å². The second-order valence-electron chi connectivity index (χ2n) is 4.67. The molecule has 0 atom stereocenters. The number of hydrogen-bond acceptors (Lipinski definition) is 4. The van der Waals surface area contributed by atoms with E-state index in [2.05, 4.69) is 0 Å². The first-order valence-electron chi connectivity index (χ1n) is 6.30. The molecule has 0 spiro atoms. The van der Waals surface area contributed by atoms with Crippen LogP contribution in [0.5, 0.6) is 5.75 Å². The van der Waals surface area contributed by atoms with Crippen LogP contribution in [0.25, 0.3) is 0 Å². The average molecular weight is 279 g/mol. The lowest BCUT2D eigenvalue weighted by Crippen LogP contribution is -2.39. The molecule has 2 N–H and O–H groups in total. The second-order valence-corrected chi connectivity index (χ2v) is 4.67. The Morgan fingerprint density at radius 1 is 1.10 bits per heavy atom. The molecule has 6 heteroatoms. The SMILES string of the molecule is CN(C)C(=O)CN(C)C(=O)COc1ccc(CN)cc1. The van der Waals surface area contributed by atoms with E-state index in [1.54, 1.807) is 33.3 Å². The molecule has 1 aromatic carbocycles. The molecule has 0 aliphatic rings. The summed E-state index contributed by atoms with van der Waals surface area (Å²) >= 11 is 0. The van der Waals surface area contributed by atoms with Crippen molar-refractivity contribution >= 4 is 11.8 Å². The topological polar surface area (TPSA) is 75.9 Å². The first kappa shape index (κ1) is 16.0. The number of benzene rings is 1. The van der Waals surface area contributed by atoms with E-state index in [4.69, 9.17) is 10.5 Å². The zero-order chi connectivity index (χ0) is 15.1. The molecule has 0 radical (unpaired) electrons. The summed E-state index contributed by atoms with van der Waals surface area (Å²) in [6, 6.07) is 7.22. The van der Waals surface area contributed by atoms with Gasteiger partial charge in [0, 0.05) is 27.7 Å². The summed E-state index contributed by atoms with van der Waals surface area (Å²) in [7, 11) is 4.87. The van der Waals surface area contributed by atoms with Crippen LogP contribution >= 0.6 is 0 Å². The van der Waals surface area contributed by atoms with Crippen molar-refractivity contribution < 1.29 is 14.3 Å². The Bertz CT molecular complexity index is 457. The summed E-state index contributed by atoms with van der Waals surface area (Å²) in [5.74, 6) is 0.221. The summed E-state index contributed by atoms with van der Waals surface area (Å²) in [6.45, 7) is 0.412. The molecule has 1 aromatic rings. The quantitative estimate of drug-likeness (QED) is 0.799. The molecular weight excluding hydrogens is 258 g/mol. The third kappa shape index (κ3) is 4.89. The zero-order valence-corrected chi connectivity index (χ0v) is 12.1. The summed E-state index contributed by atoms with van der Waals surface area (Å²) in [4.78, 5) is 26.1. The van der Waals surface area contributed by atoms with Gasteiger partial charge >= 0.3 is 0 Å². The maximum absolute atomic E-state index is 11.8. The highest BCUT2D eigenvalue weighted by Gasteiger charge is 2.14. The molecule has 0 saturated carbocycles. The number of likely N-dealkylation sites (N-methyl/N-ethyl adjacent to an activating group) is 2. The van der Waals surface area contributed by atoms with E-state index < -0.39 is 0 Å². The normalized spacial score (nSPS) is 10.0. The van der Waals surface area contributed by atoms with Crippen LogP contribution < -0.4 is 10.5 Å². The minimum Gasteiger partial charge on any atom is -0.484 e. The number of hydrogen-bond donors (Lipinski definition) is 1. The molecule has 0 heterocycles. The molecule has 0 aliphatic carbocycles. The van der Waals surface area contributed by atoms with Crippen LogP contribution in [0, 0.1) is 0 Å². The van der Waals surface area contributed by atoms with Crippen LogP contribution in [0.15, 0.2) is 24.3 Å². The highest BCUT2D eigenvalue weighted by molar-refractivity contribution is 5.85. The number of carbonyl (C=O) groups is 2. The Kier molecular flexibility index (Phi) is 5.99. The van der Waals surface area contributed by atoms with E-state index in [-0.39, 0.29) is 25.0 Å². The Balaban J connectivity index is 2.43. The van der Waals surface area contributed by atoms with E-state index >= 15 is 0 Å². The van der Waals surface area contributed by atoms with E-state index in [0.717, 1.165) is 5.56 Å². The van der Waals surface area contributed by atoms with Crippen molar-refractivity contribution in [2.75, 3.05) is 34.3 Å². The molecule has 0 saturated heterocycles. The Morgan fingerprint density at radius 2 is 1.70 bits per heavy atom. The smallest absolute Gasteiger partial charge is 0.260 e. The van der Waals surface area contributed by atoms with Gasteiger partial charge in [-0.05, 0) is 17.7 Å². The predicted molar refractivity (Wildman–Crippen MR) is 76.2 cm³/mol. The van der Waals surface area contributed by atoms with E-state index in [1.165, 1.54) is 9.80 Å². The number of nitrogens with zero attached hydrogens (tertiary/aromatic N) is 2. The molecule has 6 nitrogen and oxygen atoms in total. The van der Waals surface area contributed by atoms with Gasteiger partial charge in [0.25, 0.3) is 5.91 Å². The minimum atomic E-state index is -0.247. The Morgan fingerprint density at radius 3 is 2.20 bits per heavy atom. The van der Waals surface area contributed by atoms with Gasteiger partial charge in [-0.25, -0.2) is 0 Å². The van der Waals surface area contributed by atoms with Crippen molar-refractivity contribution in [3.8, 4) is 5.75 Å². The van der Waals surface area contributed by atoms with Crippen molar-refractivity contribution in [1.29, 1.82) is 0 Å². The van der Waals surface area contributed by atoms with Crippen LogP contribution in [0.1, 0.15) is 5.56 Å². The number of amides is 2. The molecular formula is C14H21N3O3. The van der Waals surface area contributed by atoms with Gasteiger partial charge in [-0.2, -0.15) is 0 Å². The van der Waals surface area contributed by atoms with Crippen LogP contribution in [0.2, 0.25) is 0 Å². The average Bonchev–Trinajstić information content (AvgIpc) is 2.44. The molecule has 2 amide bonds. The van der Waals surface area contributed by atoms with Gasteiger partial charge in [-0.3, -0.25) is 9.59 Å². The first-order chi connectivity index (χ1) is 9.43. The maximum atomic E-state index is 11.8. The van der Waals surface area contributed by atoms with Gasteiger partial charge in [0.1, 0.15) is 5.75 Å². The minimum absolute atomic E-state index is 0.0430. The molecule has 0 unspecified atom stereocenters. The molecule has 0 bridgehead atoms. The fraction of sp³-hybridized carbons (Fsp3) is 0.429. The Labute approximate surface area is 119 Å². The Hall–Kier alpha value is -2.08. The molecule has 1 rings (SSSR count). The van der Waals surface area contributed by atoms with Gasteiger partial charge < -0.3 is 20.3 Å². The van der Waals surface area contributed by atoms with Crippen molar-refractivity contribution in [1.82, 2.24) is 9.80 Å². The van der Waals surface area contributed by atoms with E-state index in [9.17, 15) is 9.59 Å². The van der Waals surface area contributed by atoms with Crippen LogP contribution in [0.4, 0.5) is 0 Å². The predicted octanol–water partition coefficient (Wildman–Crippen LogP) is 0.0707. The van der Waals surface area contributed by atoms with Crippen LogP contribution in [-0.2, 0) is 16.1 Å². The number of rotatable bonds is 6. The maximum Gasteiger partial charge on any atom is 0.260 e. The zero-order valence-electron chi connectivity index (χ0n) is 12.1. The first-order valence-corrected chi connectivity index (χ1v) is 6.30. The lowest BCUT2D eigenvalue weighted by molar-refractivity contribution is -0.139. The summed E-state index contributed by atoms with van der Waals surface area (Å²) < 4.78 is 5.37. The summed E-state index contributed by atoms with van der Waals surface area (Å²) in [5.41, 5.74) is 6.49. The van der Waals surface area contributed by atoms with Crippen LogP contribution in [-0.4, -0.2) is 55.9 Å². The fourth-order valence-electron chi connectivity index (χ4n) is 1.41. The molecule has 20 heavy (non-hydrogen) atoms. The van der Waals surface area contributed by atoms with Gasteiger partial charge in [0.05, 0.1) is 6.54 Å². The summed E-state index contributed by atoms with van der Waals surface area (Å²) in [5, 5.41) is 0. The fourth-order valence-corrected chi connectivity index (χ4v) is 1.41. The molecule has 0 fully saturated rings. The largest absolute Gasteiger partial charge is 0.484 e. The van der Waals surface area contributed by atoms with Crippen molar-refractivity contribution in [2.24, 2.45) is 5.73 Å². The number of ether oxygens (including phenoxy) is 1. The lowest BCUT2D eigenvalue weighted by atomic mass is 10.2. The molecule has 110 valence electrons. The van der Waals surface area contributed by atoms with Crippen LogP contribution in [0.3, 0.4) is 0 Å². The molecule has 0 aliphatic heterocycles. The van der Waals surface area contributed by atoms with Gasteiger partial charge in [-0.15, -0.1) is 0 Å². The monoisotopic (exact) mass is 279 g/mol. The molecule has 0 aromatic heterocycles. The van der Waals surface area contributed by atoms with Gasteiger partial charge in [-0.1, -0.05) is 12.1 Å². The van der Waals surface area contributed by atoms with Crippen molar-refractivity contribution in [2.45, 2.75) is 6.54 Å². The summed E-state index contributed by atoms with van der Waals surface area (Å²) in [6.07, 6.45) is 0. The standard InChI is InChI=1S/C14H21N3O3/c1-16(2)13(18)9-17(3)14(19)10-20-12-6-4-11(8-15)5-7-12/h4-7H,8-10,15H2,1-3H3. The highest BCUT2D eigenvalue weighted by Crippen LogP contribution is 2.11. The van der Waals surface area contributed by atoms with E-state index in [0.29, 0.717) is 12.3 Å². The van der Waals surface area contributed by atoms with E-state index in [1.807, 2.05) is 12.1 Å². The van der Waals surface area contributed by atoms with Gasteiger partial charge in [0.2, 0.25) is 5.91 Å². The third-order valence-corrected chi connectivity index (χ3v) is 2.82. The highest BCUT2D eigenvalue weighted by atomic mass is 16.5. The lowest BCUT2D eigenvalue weighted by Gasteiger charge is -2.19. The number of carbonyl (C=O) groups excluding carboxylic acids is 2. The second kappa shape index (κ2) is 7.49. The van der Waals surface area contributed by atoms with Crippen molar-refractivity contribution in [3.63, 3.8) is 0 Å². The third-order valence-electron chi connectivity index (χ3n) is 2.82. The number of nitrogens with two attached hydrogens (primary N) is 1.